The summed E-state index contributed by atoms with van der Waals surface area (Å²) in [5, 5.41) is 96.0. The molecule has 4 saturated carbocycles. The van der Waals surface area contributed by atoms with Gasteiger partial charge >= 0.3 is 0 Å². The third-order valence-corrected chi connectivity index (χ3v) is 18.1. The van der Waals surface area contributed by atoms with Crippen LogP contribution in [0.1, 0.15) is 113 Å². The Bertz CT molecular complexity index is 1430. The molecule has 0 aromatic rings. The van der Waals surface area contributed by atoms with Gasteiger partial charge in [0.05, 0.1) is 43.2 Å². The molecule has 7 rings (SSSR count). The van der Waals surface area contributed by atoms with Crippen molar-refractivity contribution in [3.05, 3.63) is 0 Å². The van der Waals surface area contributed by atoms with Crippen molar-refractivity contribution in [1.29, 1.82) is 0 Å². The molecular weight excluding hydrogens is 740 g/mol. The monoisotopic (exact) mass is 815 g/mol. The van der Waals surface area contributed by atoms with Crippen molar-refractivity contribution in [2.45, 2.75) is 198 Å². The average Bonchev–Trinajstić information content (AvgIpc) is 3.66. The van der Waals surface area contributed by atoms with Crippen molar-refractivity contribution in [3.8, 4) is 0 Å². The van der Waals surface area contributed by atoms with Gasteiger partial charge in [-0.25, -0.2) is 0 Å². The van der Waals surface area contributed by atoms with E-state index in [1.807, 2.05) is 0 Å². The molecule has 7 aliphatic rings. The van der Waals surface area contributed by atoms with E-state index in [1.165, 1.54) is 0 Å². The Hall–Kier alpha value is -0.560. The van der Waals surface area contributed by atoms with E-state index in [0.29, 0.717) is 18.3 Å². The Labute approximate surface area is 338 Å². The first kappa shape index (κ1) is 44.5. The Balaban J connectivity index is 1.11. The number of ether oxygens (including phenoxy) is 5. The van der Waals surface area contributed by atoms with E-state index < -0.39 is 97.3 Å². The van der Waals surface area contributed by atoms with Crippen molar-refractivity contribution in [2.24, 2.45) is 51.2 Å². The number of aliphatic hydroxyl groups excluding tert-OH is 9. The van der Waals surface area contributed by atoms with Crippen LogP contribution in [0.5, 0.6) is 0 Å². The predicted octanol–water partition coefficient (Wildman–Crippen LogP) is 1.61. The molecule has 7 fully saturated rings. The van der Waals surface area contributed by atoms with E-state index in [0.717, 1.165) is 51.4 Å². The Kier molecular flexibility index (Phi) is 12.0. The van der Waals surface area contributed by atoms with Gasteiger partial charge in [0.25, 0.3) is 0 Å². The first-order chi connectivity index (χ1) is 26.6. The fourth-order valence-electron chi connectivity index (χ4n) is 14.6. The molecule has 4 aliphatic carbocycles. The normalized spacial score (nSPS) is 56.3. The molecule has 3 saturated heterocycles. The van der Waals surface area contributed by atoms with Crippen LogP contribution in [-0.4, -0.2) is 151 Å². The molecular formula is C43H74O14. The van der Waals surface area contributed by atoms with Crippen molar-refractivity contribution < 1.29 is 69.6 Å². The van der Waals surface area contributed by atoms with Crippen molar-refractivity contribution in [3.63, 3.8) is 0 Å². The summed E-state index contributed by atoms with van der Waals surface area (Å²) in [6.45, 7) is 16.9. The second-order valence-electron chi connectivity index (χ2n) is 21.2. The molecule has 3 aliphatic heterocycles. The standard InChI is InChI=1S/C43H74O14/c1-21(2)43(20-46)16-15-42(8,57-43)29-22-9-10-27-39(5)13-12-28(38(3,4)26(39)11-14-40(27,6)41(22,7)17-23(29)47)55-37-35(33(51)31(49)25(19-45)54-37)56-36-34(52)32(50)30(48)24(18-44)53-36/h21-37,44-52H,9-20H2,1-8H3/t22-,23-,24-,25-,26-,27+,28+,29-,30-,31-,32+,33+,34-,35-,36+,37+,39+,40-,41-,42+,43-/m1/s1. The zero-order valence-corrected chi connectivity index (χ0v) is 35.4. The van der Waals surface area contributed by atoms with Crippen molar-refractivity contribution in [2.75, 3.05) is 19.8 Å². The second kappa shape index (κ2) is 15.4. The molecule has 0 aromatic carbocycles. The van der Waals surface area contributed by atoms with Crippen LogP contribution in [0, 0.1) is 51.2 Å². The van der Waals surface area contributed by atoms with Gasteiger partial charge in [-0.05, 0) is 110 Å². The van der Waals surface area contributed by atoms with E-state index in [1.54, 1.807) is 0 Å². The van der Waals surface area contributed by atoms with Crippen LogP contribution in [0.15, 0.2) is 0 Å². The molecule has 0 amide bonds. The number of aliphatic hydroxyl groups is 9. The van der Waals surface area contributed by atoms with E-state index >= 15 is 0 Å². The fraction of sp³-hybridized carbons (Fsp3) is 1.00. The lowest BCUT2D eigenvalue weighted by Crippen LogP contribution is -2.66. The molecule has 57 heavy (non-hydrogen) atoms. The Morgan fingerprint density at radius 1 is 0.632 bits per heavy atom. The summed E-state index contributed by atoms with van der Waals surface area (Å²) in [5.41, 5.74) is -1.69. The van der Waals surface area contributed by atoms with Crippen LogP contribution in [0.4, 0.5) is 0 Å². The van der Waals surface area contributed by atoms with Gasteiger partial charge in [0.15, 0.2) is 12.6 Å². The minimum Gasteiger partial charge on any atom is -0.394 e. The lowest BCUT2D eigenvalue weighted by atomic mass is 9.35. The van der Waals surface area contributed by atoms with Crippen molar-refractivity contribution in [1.82, 2.24) is 0 Å². The Morgan fingerprint density at radius 2 is 1.26 bits per heavy atom. The van der Waals surface area contributed by atoms with E-state index in [-0.39, 0.29) is 46.7 Å². The molecule has 3 heterocycles. The molecule has 14 heteroatoms. The molecule has 0 aromatic heterocycles. The first-order valence-corrected chi connectivity index (χ1v) is 21.8. The number of rotatable bonds is 9. The van der Waals surface area contributed by atoms with Gasteiger partial charge in [0.2, 0.25) is 0 Å². The number of hydrogen-bond acceptors (Lipinski definition) is 14. The highest BCUT2D eigenvalue weighted by molar-refractivity contribution is 5.21. The highest BCUT2D eigenvalue weighted by Crippen LogP contribution is 2.76. The van der Waals surface area contributed by atoms with Gasteiger partial charge in [-0.2, -0.15) is 0 Å². The van der Waals surface area contributed by atoms with Crippen LogP contribution >= 0.6 is 0 Å². The van der Waals surface area contributed by atoms with Gasteiger partial charge in [0, 0.05) is 5.92 Å². The average molecular weight is 815 g/mol. The highest BCUT2D eigenvalue weighted by atomic mass is 16.8. The third-order valence-electron chi connectivity index (χ3n) is 18.1. The minimum absolute atomic E-state index is 0.0104. The SMILES string of the molecule is CC(C)[C@]1(CO)CC[C@@](C)([C@H]2[C@H](O)C[C@]3(C)[C@@H]2CC[C@H]2[C@@]4(C)CC[C@H](O[C@@H]5O[C@H](CO)[C@@H](O)[C@H](O)[C@H]5O[C@@H]5O[C@H](CO)[C@@H](O)[C@H](O)[C@H]5O)C(C)(C)[C@H]4CC[C@]23C)O1. The molecule has 0 unspecified atom stereocenters. The fourth-order valence-corrected chi connectivity index (χ4v) is 14.6. The van der Waals surface area contributed by atoms with Crippen LogP contribution in [0.2, 0.25) is 0 Å². The van der Waals surface area contributed by atoms with Crippen LogP contribution in [0.25, 0.3) is 0 Å². The quantitative estimate of drug-likeness (QED) is 0.151. The Morgan fingerprint density at radius 3 is 1.86 bits per heavy atom. The van der Waals surface area contributed by atoms with E-state index in [9.17, 15) is 46.0 Å². The summed E-state index contributed by atoms with van der Waals surface area (Å²) in [5.74, 6) is 1.08. The molecule has 0 spiro atoms. The zero-order chi connectivity index (χ0) is 41.8. The molecule has 0 bridgehead atoms. The van der Waals surface area contributed by atoms with Crippen LogP contribution in [0.3, 0.4) is 0 Å². The number of hydrogen-bond donors (Lipinski definition) is 9. The molecule has 21 atom stereocenters. The van der Waals surface area contributed by atoms with Gasteiger partial charge < -0.3 is 69.6 Å². The van der Waals surface area contributed by atoms with Crippen LogP contribution < -0.4 is 0 Å². The van der Waals surface area contributed by atoms with Gasteiger partial charge in [-0.15, -0.1) is 0 Å². The van der Waals surface area contributed by atoms with Gasteiger partial charge in [-0.1, -0.05) is 48.5 Å². The summed E-state index contributed by atoms with van der Waals surface area (Å²) in [7, 11) is 0. The smallest absolute Gasteiger partial charge is 0.187 e. The maximum atomic E-state index is 12.0. The summed E-state index contributed by atoms with van der Waals surface area (Å²) >= 11 is 0. The summed E-state index contributed by atoms with van der Waals surface area (Å²) in [6, 6.07) is 0. The van der Waals surface area contributed by atoms with Gasteiger partial charge in [0.1, 0.15) is 48.8 Å². The first-order valence-electron chi connectivity index (χ1n) is 21.8. The topological polar surface area (TPSA) is 228 Å². The summed E-state index contributed by atoms with van der Waals surface area (Å²) in [4.78, 5) is 0. The summed E-state index contributed by atoms with van der Waals surface area (Å²) in [6.07, 6.45) is -8.05. The summed E-state index contributed by atoms with van der Waals surface area (Å²) < 4.78 is 31.4. The third kappa shape index (κ3) is 6.64. The lowest BCUT2D eigenvalue weighted by molar-refractivity contribution is -0.378. The largest absolute Gasteiger partial charge is 0.394 e. The maximum absolute atomic E-state index is 12.0. The highest BCUT2D eigenvalue weighted by Gasteiger charge is 2.72. The maximum Gasteiger partial charge on any atom is 0.187 e. The lowest BCUT2D eigenvalue weighted by Gasteiger charge is -2.70. The van der Waals surface area contributed by atoms with Crippen molar-refractivity contribution >= 4 is 0 Å². The predicted molar refractivity (Wildman–Crippen MR) is 205 cm³/mol. The molecule has 9 N–H and O–H groups in total. The van der Waals surface area contributed by atoms with Crippen LogP contribution in [-0.2, 0) is 23.7 Å². The van der Waals surface area contributed by atoms with E-state index in [2.05, 4.69) is 55.4 Å². The minimum atomic E-state index is -1.75. The number of fused-ring (bicyclic) bond motifs is 5. The molecule has 0 radical (unpaired) electrons. The molecule has 330 valence electrons. The molecule has 14 nitrogen and oxygen atoms in total. The zero-order valence-electron chi connectivity index (χ0n) is 35.4. The van der Waals surface area contributed by atoms with Gasteiger partial charge in [-0.3, -0.25) is 0 Å². The second-order valence-corrected chi connectivity index (χ2v) is 21.2. The van der Waals surface area contributed by atoms with E-state index in [4.69, 9.17) is 23.7 Å².